The lowest BCUT2D eigenvalue weighted by Crippen LogP contribution is -2.49. The summed E-state index contributed by atoms with van der Waals surface area (Å²) in [4.78, 5) is 17.1. The van der Waals surface area contributed by atoms with E-state index in [9.17, 15) is 4.79 Å². The summed E-state index contributed by atoms with van der Waals surface area (Å²) in [6.07, 6.45) is 0.745. The van der Waals surface area contributed by atoms with Gasteiger partial charge >= 0.3 is 0 Å². The van der Waals surface area contributed by atoms with Crippen molar-refractivity contribution in [3.05, 3.63) is 94.6 Å². The number of para-hydroxylation sites is 1. The molecular formula is C28H29ClN6O. The SMILES string of the molecule is NCc1cccc(Cl)c1NC(=O)CN1CCN(c2nnc(Cc3ccccc3)c3ccccc23)CC1. The smallest absolute Gasteiger partial charge is 0.238 e. The molecule has 0 spiro atoms. The molecule has 36 heavy (non-hydrogen) atoms. The highest BCUT2D eigenvalue weighted by Crippen LogP contribution is 2.28. The molecule has 0 unspecified atom stereocenters. The molecule has 8 heteroatoms. The summed E-state index contributed by atoms with van der Waals surface area (Å²) in [6.45, 7) is 3.65. The Morgan fingerprint density at radius 2 is 1.61 bits per heavy atom. The predicted octanol–water partition coefficient (Wildman–Crippen LogP) is 4.09. The van der Waals surface area contributed by atoms with E-state index in [2.05, 4.69) is 49.6 Å². The quantitative estimate of drug-likeness (QED) is 0.397. The highest BCUT2D eigenvalue weighted by atomic mass is 35.5. The lowest BCUT2D eigenvalue weighted by molar-refractivity contribution is -0.117. The van der Waals surface area contributed by atoms with Gasteiger partial charge < -0.3 is 16.0 Å². The average molecular weight is 501 g/mol. The number of anilines is 2. The first-order valence-electron chi connectivity index (χ1n) is 12.1. The number of nitrogens with one attached hydrogen (secondary N) is 1. The first kappa shape index (κ1) is 24.2. The van der Waals surface area contributed by atoms with Gasteiger partial charge in [-0.1, -0.05) is 78.3 Å². The van der Waals surface area contributed by atoms with Crippen LogP contribution in [0.2, 0.25) is 5.02 Å². The van der Waals surface area contributed by atoms with E-state index in [1.165, 1.54) is 5.56 Å². The number of carbonyl (C=O) groups excluding carboxylic acids is 1. The molecular weight excluding hydrogens is 472 g/mol. The highest BCUT2D eigenvalue weighted by molar-refractivity contribution is 6.34. The summed E-state index contributed by atoms with van der Waals surface area (Å²) >= 11 is 6.28. The Bertz CT molecular complexity index is 1360. The van der Waals surface area contributed by atoms with Crippen molar-refractivity contribution in [3.8, 4) is 0 Å². The molecule has 1 fully saturated rings. The van der Waals surface area contributed by atoms with Crippen LogP contribution in [0.1, 0.15) is 16.8 Å². The maximum absolute atomic E-state index is 12.7. The van der Waals surface area contributed by atoms with Crippen molar-refractivity contribution in [1.29, 1.82) is 0 Å². The molecule has 0 atom stereocenters. The van der Waals surface area contributed by atoms with Crippen molar-refractivity contribution in [3.63, 3.8) is 0 Å². The van der Waals surface area contributed by atoms with E-state index in [1.54, 1.807) is 6.07 Å². The van der Waals surface area contributed by atoms with Gasteiger partial charge in [0.25, 0.3) is 0 Å². The topological polar surface area (TPSA) is 87.4 Å². The van der Waals surface area contributed by atoms with Gasteiger partial charge in [0.2, 0.25) is 5.91 Å². The second-order valence-electron chi connectivity index (χ2n) is 8.97. The van der Waals surface area contributed by atoms with E-state index >= 15 is 0 Å². The van der Waals surface area contributed by atoms with E-state index in [-0.39, 0.29) is 5.91 Å². The molecule has 0 aliphatic carbocycles. The number of amides is 1. The second kappa shape index (κ2) is 11.0. The van der Waals surface area contributed by atoms with Crippen LogP contribution in [0, 0.1) is 0 Å². The van der Waals surface area contributed by atoms with Gasteiger partial charge in [0.1, 0.15) is 0 Å². The number of piperazine rings is 1. The number of nitrogens with two attached hydrogens (primary N) is 1. The van der Waals surface area contributed by atoms with Gasteiger partial charge in [-0.15, -0.1) is 5.10 Å². The number of aromatic nitrogens is 2. The van der Waals surface area contributed by atoms with Crippen LogP contribution in [0.5, 0.6) is 0 Å². The van der Waals surface area contributed by atoms with Crippen LogP contribution >= 0.6 is 11.6 Å². The van der Waals surface area contributed by atoms with Gasteiger partial charge in [-0.25, -0.2) is 0 Å². The summed E-state index contributed by atoms with van der Waals surface area (Å²) in [6, 6.07) is 24.1. The molecule has 1 aliphatic rings. The highest BCUT2D eigenvalue weighted by Gasteiger charge is 2.23. The molecule has 0 radical (unpaired) electrons. The monoisotopic (exact) mass is 500 g/mol. The van der Waals surface area contributed by atoms with E-state index in [0.29, 0.717) is 23.8 Å². The first-order valence-corrected chi connectivity index (χ1v) is 12.5. The minimum atomic E-state index is -0.0956. The second-order valence-corrected chi connectivity index (χ2v) is 9.37. The molecule has 1 amide bonds. The zero-order valence-electron chi connectivity index (χ0n) is 20.0. The summed E-state index contributed by atoms with van der Waals surface area (Å²) in [5.74, 6) is 0.803. The Hall–Kier alpha value is -3.52. The maximum atomic E-state index is 12.7. The van der Waals surface area contributed by atoms with Gasteiger partial charge in [0.15, 0.2) is 5.82 Å². The standard InChI is InChI=1S/C28H29ClN6O/c29-24-12-6-9-21(18-30)27(24)31-26(36)19-34-13-15-35(16-14-34)28-23-11-5-4-10-22(23)25(32-33-28)17-20-7-2-1-3-8-20/h1-12H,13-19,30H2,(H,31,36). The number of halogens is 1. The third kappa shape index (κ3) is 5.33. The Morgan fingerprint density at radius 3 is 2.36 bits per heavy atom. The minimum absolute atomic E-state index is 0.0956. The lowest BCUT2D eigenvalue weighted by atomic mass is 10.0. The fourth-order valence-corrected chi connectivity index (χ4v) is 4.92. The van der Waals surface area contributed by atoms with Crippen LogP contribution < -0.4 is 16.0 Å². The Morgan fingerprint density at radius 1 is 0.889 bits per heavy atom. The summed E-state index contributed by atoms with van der Waals surface area (Å²) in [5, 5.41) is 14.9. The van der Waals surface area contributed by atoms with E-state index in [0.717, 1.165) is 60.4 Å². The number of hydrogen-bond donors (Lipinski definition) is 2. The molecule has 0 saturated carbocycles. The summed E-state index contributed by atoms with van der Waals surface area (Å²) < 4.78 is 0. The fourth-order valence-electron chi connectivity index (χ4n) is 4.68. The van der Waals surface area contributed by atoms with E-state index < -0.39 is 0 Å². The van der Waals surface area contributed by atoms with Crippen molar-refractivity contribution in [2.24, 2.45) is 5.73 Å². The molecule has 3 aromatic carbocycles. The van der Waals surface area contributed by atoms with E-state index in [4.69, 9.17) is 17.3 Å². The molecule has 1 aliphatic heterocycles. The third-order valence-electron chi connectivity index (χ3n) is 6.58. The summed E-state index contributed by atoms with van der Waals surface area (Å²) in [5.41, 5.74) is 9.41. The molecule has 4 aromatic rings. The molecule has 2 heterocycles. The molecule has 0 bridgehead atoms. The zero-order chi connectivity index (χ0) is 24.9. The van der Waals surface area contributed by atoms with Crippen molar-refractivity contribution >= 4 is 39.8 Å². The Balaban J connectivity index is 1.25. The number of nitrogens with zero attached hydrogens (tertiary/aromatic N) is 4. The van der Waals surface area contributed by atoms with Crippen LogP contribution in [0.4, 0.5) is 11.5 Å². The maximum Gasteiger partial charge on any atom is 0.238 e. The molecule has 7 nitrogen and oxygen atoms in total. The third-order valence-corrected chi connectivity index (χ3v) is 6.90. The van der Waals surface area contributed by atoms with E-state index in [1.807, 2.05) is 42.5 Å². The largest absolute Gasteiger partial charge is 0.352 e. The lowest BCUT2D eigenvalue weighted by Gasteiger charge is -2.35. The molecule has 184 valence electrons. The fraction of sp³-hybridized carbons (Fsp3) is 0.250. The zero-order valence-corrected chi connectivity index (χ0v) is 20.8. The predicted molar refractivity (Wildman–Crippen MR) is 145 cm³/mol. The number of benzene rings is 3. The van der Waals surface area contributed by atoms with Gasteiger partial charge in [-0.2, -0.15) is 5.10 Å². The normalized spacial score (nSPS) is 14.2. The van der Waals surface area contributed by atoms with Crippen LogP contribution in [0.25, 0.3) is 10.8 Å². The number of carbonyl (C=O) groups is 1. The van der Waals surface area contributed by atoms with Crippen molar-refractivity contribution in [2.75, 3.05) is 42.9 Å². The van der Waals surface area contributed by atoms with Gasteiger partial charge in [0.05, 0.1) is 22.9 Å². The molecule has 5 rings (SSSR count). The number of fused-ring (bicyclic) bond motifs is 1. The number of rotatable bonds is 7. The summed E-state index contributed by atoms with van der Waals surface area (Å²) in [7, 11) is 0. The van der Waals surface area contributed by atoms with Gasteiger partial charge in [-0.3, -0.25) is 9.69 Å². The minimum Gasteiger partial charge on any atom is -0.352 e. The first-order chi connectivity index (χ1) is 17.6. The molecule has 3 N–H and O–H groups in total. The average Bonchev–Trinajstić information content (AvgIpc) is 2.91. The van der Waals surface area contributed by atoms with Gasteiger partial charge in [-0.05, 0) is 17.2 Å². The van der Waals surface area contributed by atoms with Crippen LogP contribution in [-0.2, 0) is 17.8 Å². The van der Waals surface area contributed by atoms with Crippen LogP contribution in [0.15, 0.2) is 72.8 Å². The van der Waals surface area contributed by atoms with Crippen molar-refractivity contribution < 1.29 is 4.79 Å². The van der Waals surface area contributed by atoms with Crippen molar-refractivity contribution in [1.82, 2.24) is 15.1 Å². The number of hydrogen-bond acceptors (Lipinski definition) is 6. The molecule has 1 saturated heterocycles. The molecule has 1 aromatic heterocycles. The Labute approximate surface area is 215 Å². The van der Waals surface area contributed by atoms with Crippen molar-refractivity contribution in [2.45, 2.75) is 13.0 Å². The van der Waals surface area contributed by atoms with Gasteiger partial charge in [0, 0.05) is 49.9 Å². The van der Waals surface area contributed by atoms with Crippen LogP contribution in [-0.4, -0.2) is 53.7 Å². The Kier molecular flexibility index (Phi) is 7.41. The van der Waals surface area contributed by atoms with Crippen LogP contribution in [0.3, 0.4) is 0 Å².